The summed E-state index contributed by atoms with van der Waals surface area (Å²) in [7, 11) is 4.29. The van der Waals surface area contributed by atoms with Crippen LogP contribution in [0.15, 0.2) is 133 Å². The molecular weight excluding hydrogens is 645 g/mol. The summed E-state index contributed by atoms with van der Waals surface area (Å²) in [6, 6.07) is 49.5. The fourth-order valence-electron chi connectivity index (χ4n) is 8.64. The molecule has 2 aromatic heterocycles. The van der Waals surface area contributed by atoms with Gasteiger partial charge in [0.25, 0.3) is 0 Å². The van der Waals surface area contributed by atoms with Gasteiger partial charge in [-0.05, 0) is 91.7 Å². The minimum absolute atomic E-state index is 0.0553. The maximum absolute atomic E-state index is 5.21. The van der Waals surface area contributed by atoms with E-state index in [0.717, 1.165) is 44.8 Å². The average molecular weight is 691 g/mol. The number of hydrogen-bond acceptors (Lipinski definition) is 2. The Labute approximate surface area is 312 Å². The van der Waals surface area contributed by atoms with E-state index in [4.69, 9.17) is 9.97 Å². The van der Waals surface area contributed by atoms with Crippen molar-refractivity contribution in [2.24, 2.45) is 14.1 Å². The number of nitrogens with zero attached hydrogens (tertiary/aromatic N) is 4. The number of fused-ring (bicyclic) bond motifs is 5. The first-order chi connectivity index (χ1) is 25.4. The highest BCUT2D eigenvalue weighted by Crippen LogP contribution is 2.56. The quantitative estimate of drug-likeness (QED) is 0.184. The van der Waals surface area contributed by atoms with Crippen LogP contribution in [0.2, 0.25) is 0 Å². The van der Waals surface area contributed by atoms with Crippen LogP contribution in [-0.4, -0.2) is 19.1 Å². The van der Waals surface area contributed by atoms with Gasteiger partial charge in [0, 0.05) is 25.2 Å². The highest BCUT2D eigenvalue weighted by atomic mass is 15.1. The number of aryl methyl sites for hydroxylation is 2. The summed E-state index contributed by atoms with van der Waals surface area (Å²) in [5, 5.41) is 0. The Morgan fingerprint density at radius 1 is 0.453 bits per heavy atom. The Balaban J connectivity index is 1.27. The van der Waals surface area contributed by atoms with E-state index < -0.39 is 5.41 Å². The van der Waals surface area contributed by atoms with E-state index in [9.17, 15) is 0 Å². The standard InChI is InChI=1S/C49H46N4/c1-47(2,3)33-23-25-41-43(29-33)52(7)45(50-41)31-15-13-17-35(27-31)49(39-21-11-9-19-37(39)38-20-10-12-22-40(38)49)36-18-14-16-32(28-36)46-51-42-26-24-34(48(4,5)6)30-44(42)53(46)8/h9-30H,1-8H3. The Kier molecular flexibility index (Phi) is 7.27. The van der Waals surface area contributed by atoms with E-state index in [1.807, 2.05) is 0 Å². The molecule has 8 aromatic rings. The maximum atomic E-state index is 5.21. The van der Waals surface area contributed by atoms with E-state index in [0.29, 0.717) is 0 Å². The van der Waals surface area contributed by atoms with Gasteiger partial charge in [-0.15, -0.1) is 0 Å². The van der Waals surface area contributed by atoms with Crippen LogP contribution in [0.3, 0.4) is 0 Å². The molecule has 4 nitrogen and oxygen atoms in total. The Hall–Kier alpha value is -5.74. The largest absolute Gasteiger partial charge is 0.327 e. The van der Waals surface area contributed by atoms with Crippen molar-refractivity contribution in [3.05, 3.63) is 167 Å². The van der Waals surface area contributed by atoms with Crippen LogP contribution < -0.4 is 0 Å². The molecule has 53 heavy (non-hydrogen) atoms. The number of hydrogen-bond donors (Lipinski definition) is 0. The van der Waals surface area contributed by atoms with Crippen molar-refractivity contribution in [2.75, 3.05) is 0 Å². The second kappa shape index (κ2) is 11.6. The van der Waals surface area contributed by atoms with Gasteiger partial charge in [-0.3, -0.25) is 0 Å². The second-order valence-electron chi connectivity index (χ2n) is 16.9. The molecule has 0 radical (unpaired) electrons. The average Bonchev–Trinajstić information content (AvgIpc) is 3.78. The molecule has 0 fully saturated rings. The first-order valence-corrected chi connectivity index (χ1v) is 18.7. The molecule has 0 unspecified atom stereocenters. The lowest BCUT2D eigenvalue weighted by molar-refractivity contribution is 0.590. The van der Waals surface area contributed by atoms with Gasteiger partial charge in [0.15, 0.2) is 0 Å². The zero-order chi connectivity index (χ0) is 36.9. The second-order valence-corrected chi connectivity index (χ2v) is 16.9. The van der Waals surface area contributed by atoms with Crippen LogP contribution >= 0.6 is 0 Å². The first-order valence-electron chi connectivity index (χ1n) is 18.7. The van der Waals surface area contributed by atoms with Gasteiger partial charge in [0.2, 0.25) is 0 Å². The molecule has 0 bridgehead atoms. The van der Waals surface area contributed by atoms with E-state index in [1.54, 1.807) is 0 Å². The van der Waals surface area contributed by atoms with E-state index in [2.05, 4.69) is 198 Å². The van der Waals surface area contributed by atoms with Gasteiger partial charge in [0.05, 0.1) is 27.5 Å². The lowest BCUT2D eigenvalue weighted by Crippen LogP contribution is -2.28. The molecule has 6 aromatic carbocycles. The van der Waals surface area contributed by atoms with Crippen molar-refractivity contribution in [1.29, 1.82) is 0 Å². The summed E-state index contributed by atoms with van der Waals surface area (Å²) in [4.78, 5) is 10.4. The zero-order valence-corrected chi connectivity index (χ0v) is 32.0. The minimum Gasteiger partial charge on any atom is -0.327 e. The fraction of sp³-hybridized carbons (Fsp3) is 0.224. The van der Waals surface area contributed by atoms with E-state index in [-0.39, 0.29) is 10.8 Å². The number of rotatable bonds is 4. The van der Waals surface area contributed by atoms with Crippen LogP contribution in [0, 0.1) is 0 Å². The first kappa shape index (κ1) is 33.1. The molecule has 9 rings (SSSR count). The molecule has 2 heterocycles. The Morgan fingerprint density at radius 3 is 1.28 bits per heavy atom. The molecule has 0 amide bonds. The summed E-state index contributed by atoms with van der Waals surface area (Å²) in [6.07, 6.45) is 0. The third-order valence-electron chi connectivity index (χ3n) is 11.6. The number of aromatic nitrogens is 4. The smallest absolute Gasteiger partial charge is 0.140 e. The predicted octanol–water partition coefficient (Wildman–Crippen LogP) is 11.8. The molecule has 1 aliphatic rings. The van der Waals surface area contributed by atoms with Crippen molar-refractivity contribution < 1.29 is 0 Å². The number of imidazole rings is 2. The highest BCUT2D eigenvalue weighted by molar-refractivity contribution is 5.88. The van der Waals surface area contributed by atoms with Crippen molar-refractivity contribution in [1.82, 2.24) is 19.1 Å². The lowest BCUT2D eigenvalue weighted by Gasteiger charge is -2.34. The molecule has 0 spiro atoms. The van der Waals surface area contributed by atoms with E-state index in [1.165, 1.54) is 44.5 Å². The topological polar surface area (TPSA) is 35.6 Å². The van der Waals surface area contributed by atoms with Crippen molar-refractivity contribution in [3.63, 3.8) is 0 Å². The fourth-order valence-corrected chi connectivity index (χ4v) is 8.64. The molecule has 0 aliphatic heterocycles. The normalized spacial score (nSPS) is 13.8. The summed E-state index contributed by atoms with van der Waals surface area (Å²) in [5.41, 5.74) is 16.2. The van der Waals surface area contributed by atoms with Gasteiger partial charge >= 0.3 is 0 Å². The highest BCUT2D eigenvalue weighted by Gasteiger charge is 2.46. The molecule has 4 heteroatoms. The van der Waals surface area contributed by atoms with Crippen LogP contribution in [-0.2, 0) is 30.3 Å². The van der Waals surface area contributed by atoms with Gasteiger partial charge < -0.3 is 9.13 Å². The third-order valence-corrected chi connectivity index (χ3v) is 11.6. The van der Waals surface area contributed by atoms with Crippen LogP contribution in [0.5, 0.6) is 0 Å². The molecule has 0 N–H and O–H groups in total. The SMILES string of the molecule is Cn1c(-c2cccc(C3(c4cccc(-c5nc6ccc(C(C)(C)C)cc6n5C)c4)c4ccccc4-c4ccccc43)c2)nc2ccc(C(C)(C)C)cc21. The van der Waals surface area contributed by atoms with Crippen LogP contribution in [0.25, 0.3) is 56.0 Å². The summed E-state index contributed by atoms with van der Waals surface area (Å²) < 4.78 is 4.51. The van der Waals surface area contributed by atoms with Gasteiger partial charge in [-0.25, -0.2) is 9.97 Å². The molecular formula is C49H46N4. The molecule has 0 saturated carbocycles. The summed E-state index contributed by atoms with van der Waals surface area (Å²) >= 11 is 0. The summed E-state index contributed by atoms with van der Waals surface area (Å²) in [6.45, 7) is 13.6. The molecule has 0 saturated heterocycles. The maximum Gasteiger partial charge on any atom is 0.140 e. The van der Waals surface area contributed by atoms with Crippen molar-refractivity contribution in [2.45, 2.75) is 57.8 Å². The molecule has 1 aliphatic carbocycles. The third kappa shape index (κ3) is 5.03. The lowest BCUT2D eigenvalue weighted by atomic mass is 9.67. The van der Waals surface area contributed by atoms with E-state index >= 15 is 0 Å². The molecule has 0 atom stereocenters. The molecule has 262 valence electrons. The van der Waals surface area contributed by atoms with Gasteiger partial charge in [-0.2, -0.15) is 0 Å². The number of benzene rings is 6. The predicted molar refractivity (Wildman–Crippen MR) is 221 cm³/mol. The van der Waals surface area contributed by atoms with Crippen LogP contribution in [0.4, 0.5) is 0 Å². The Morgan fingerprint density at radius 2 is 0.868 bits per heavy atom. The monoisotopic (exact) mass is 690 g/mol. The van der Waals surface area contributed by atoms with Crippen molar-refractivity contribution in [3.8, 4) is 33.9 Å². The van der Waals surface area contributed by atoms with Crippen molar-refractivity contribution >= 4 is 22.1 Å². The van der Waals surface area contributed by atoms with Gasteiger partial charge in [0.1, 0.15) is 11.6 Å². The summed E-state index contributed by atoms with van der Waals surface area (Å²) in [5.74, 6) is 1.93. The van der Waals surface area contributed by atoms with Gasteiger partial charge in [-0.1, -0.05) is 139 Å². The minimum atomic E-state index is -0.562. The zero-order valence-electron chi connectivity index (χ0n) is 32.0. The Bertz CT molecular complexity index is 2540. The van der Waals surface area contributed by atoms with Crippen LogP contribution in [0.1, 0.15) is 74.9 Å².